The van der Waals surface area contributed by atoms with Crippen molar-refractivity contribution in [2.75, 3.05) is 27.2 Å². The summed E-state index contributed by atoms with van der Waals surface area (Å²) in [6.07, 6.45) is 1.03. The molecular formula is C17H27N3O. The number of nitrogens with zero attached hydrogens (tertiary/aromatic N) is 2. The largest absolute Gasteiger partial charge is 0.345 e. The molecule has 4 heteroatoms. The van der Waals surface area contributed by atoms with Gasteiger partial charge in [0.2, 0.25) is 0 Å². The Kier molecular flexibility index (Phi) is 4.69. The molecule has 1 aromatic rings. The Hall–Kier alpha value is -1.39. The smallest absolute Gasteiger partial charge is 0.253 e. The Labute approximate surface area is 127 Å². The van der Waals surface area contributed by atoms with Gasteiger partial charge in [-0.05, 0) is 29.5 Å². The number of hydrogen-bond acceptors (Lipinski definition) is 3. The molecule has 1 atom stereocenters. The summed E-state index contributed by atoms with van der Waals surface area (Å²) in [7, 11) is 3.56. The molecule has 0 spiro atoms. The lowest BCUT2D eigenvalue weighted by molar-refractivity contribution is 0.0825. The molecule has 1 aromatic carbocycles. The van der Waals surface area contributed by atoms with Crippen LogP contribution >= 0.6 is 0 Å². The van der Waals surface area contributed by atoms with Gasteiger partial charge in [0.1, 0.15) is 0 Å². The zero-order chi connectivity index (χ0) is 15.6. The second-order valence-electron chi connectivity index (χ2n) is 6.99. The van der Waals surface area contributed by atoms with Crippen molar-refractivity contribution in [3.63, 3.8) is 0 Å². The van der Waals surface area contributed by atoms with Crippen LogP contribution in [0.4, 0.5) is 0 Å². The van der Waals surface area contributed by atoms with Crippen LogP contribution in [-0.2, 0) is 6.54 Å². The van der Waals surface area contributed by atoms with Crippen LogP contribution in [0.15, 0.2) is 24.3 Å². The summed E-state index contributed by atoms with van der Waals surface area (Å²) in [4.78, 5) is 16.1. The van der Waals surface area contributed by atoms with Crippen molar-refractivity contribution in [1.82, 2.24) is 9.80 Å². The third kappa shape index (κ3) is 3.83. The van der Waals surface area contributed by atoms with E-state index in [1.165, 1.54) is 5.56 Å². The summed E-state index contributed by atoms with van der Waals surface area (Å²) in [6, 6.07) is 8.21. The van der Waals surface area contributed by atoms with E-state index in [2.05, 4.69) is 24.8 Å². The van der Waals surface area contributed by atoms with Gasteiger partial charge in [-0.15, -0.1) is 0 Å². The third-order valence-corrected chi connectivity index (χ3v) is 4.38. The highest BCUT2D eigenvalue weighted by atomic mass is 16.2. The summed E-state index contributed by atoms with van der Waals surface area (Å²) in [6.45, 7) is 7.37. The predicted molar refractivity (Wildman–Crippen MR) is 86.1 cm³/mol. The van der Waals surface area contributed by atoms with Crippen molar-refractivity contribution in [2.45, 2.75) is 32.9 Å². The standard InChI is InChI=1S/C17H27N3O/c1-17(2)12-20(9-8-15(17)18)11-13-6-5-7-14(10-13)16(21)19(3)4/h5-7,10,15H,8-9,11-12,18H2,1-4H3. The number of amides is 1. The highest BCUT2D eigenvalue weighted by Crippen LogP contribution is 2.28. The fraction of sp³-hybridized carbons (Fsp3) is 0.588. The average molecular weight is 289 g/mol. The molecule has 1 aliphatic rings. The van der Waals surface area contributed by atoms with Gasteiger partial charge in [0.15, 0.2) is 0 Å². The molecule has 1 amide bonds. The van der Waals surface area contributed by atoms with Gasteiger partial charge in [-0.2, -0.15) is 0 Å². The van der Waals surface area contributed by atoms with Gasteiger partial charge in [-0.3, -0.25) is 9.69 Å². The summed E-state index contributed by atoms with van der Waals surface area (Å²) in [5.74, 6) is 0.0536. The van der Waals surface area contributed by atoms with E-state index in [0.29, 0.717) is 0 Å². The molecule has 4 nitrogen and oxygen atoms in total. The van der Waals surface area contributed by atoms with Gasteiger partial charge in [0.05, 0.1) is 0 Å². The zero-order valence-corrected chi connectivity index (χ0v) is 13.6. The Morgan fingerprint density at radius 1 is 1.43 bits per heavy atom. The fourth-order valence-electron chi connectivity index (χ4n) is 2.94. The molecular weight excluding hydrogens is 262 g/mol. The third-order valence-electron chi connectivity index (χ3n) is 4.38. The van der Waals surface area contributed by atoms with Gasteiger partial charge in [0, 0.05) is 45.3 Å². The minimum absolute atomic E-state index is 0.0536. The molecule has 1 saturated heterocycles. The zero-order valence-electron chi connectivity index (χ0n) is 13.6. The maximum absolute atomic E-state index is 12.0. The van der Waals surface area contributed by atoms with E-state index in [-0.39, 0.29) is 17.4 Å². The quantitative estimate of drug-likeness (QED) is 0.925. The lowest BCUT2D eigenvalue weighted by Gasteiger charge is -2.42. The highest BCUT2D eigenvalue weighted by molar-refractivity contribution is 5.94. The normalized spacial score (nSPS) is 22.0. The number of rotatable bonds is 3. The molecule has 0 aliphatic carbocycles. The summed E-state index contributed by atoms with van der Waals surface area (Å²) in [5, 5.41) is 0. The second kappa shape index (κ2) is 6.16. The van der Waals surface area contributed by atoms with Crippen LogP contribution < -0.4 is 5.73 Å². The van der Waals surface area contributed by atoms with E-state index < -0.39 is 0 Å². The van der Waals surface area contributed by atoms with Crippen LogP contribution in [0.2, 0.25) is 0 Å². The first-order valence-electron chi connectivity index (χ1n) is 7.58. The van der Waals surface area contributed by atoms with Gasteiger partial charge >= 0.3 is 0 Å². The number of nitrogens with two attached hydrogens (primary N) is 1. The van der Waals surface area contributed by atoms with Crippen molar-refractivity contribution in [3.05, 3.63) is 35.4 Å². The topological polar surface area (TPSA) is 49.6 Å². The van der Waals surface area contributed by atoms with Crippen LogP contribution in [-0.4, -0.2) is 48.9 Å². The lowest BCUT2D eigenvalue weighted by atomic mass is 9.79. The van der Waals surface area contributed by atoms with Gasteiger partial charge < -0.3 is 10.6 Å². The molecule has 21 heavy (non-hydrogen) atoms. The van der Waals surface area contributed by atoms with Gasteiger partial charge in [0.25, 0.3) is 5.91 Å². The van der Waals surface area contributed by atoms with E-state index in [9.17, 15) is 4.79 Å². The van der Waals surface area contributed by atoms with Crippen molar-refractivity contribution < 1.29 is 4.79 Å². The molecule has 0 bridgehead atoms. The van der Waals surface area contributed by atoms with Crippen LogP contribution in [0.3, 0.4) is 0 Å². The number of hydrogen-bond donors (Lipinski definition) is 1. The van der Waals surface area contributed by atoms with Crippen molar-refractivity contribution in [2.24, 2.45) is 11.1 Å². The van der Waals surface area contributed by atoms with Crippen LogP contribution in [0.25, 0.3) is 0 Å². The molecule has 1 aliphatic heterocycles. The van der Waals surface area contributed by atoms with Crippen molar-refractivity contribution >= 4 is 5.91 Å². The van der Waals surface area contributed by atoms with E-state index in [1.54, 1.807) is 19.0 Å². The van der Waals surface area contributed by atoms with Crippen LogP contribution in [0.1, 0.15) is 36.2 Å². The van der Waals surface area contributed by atoms with Gasteiger partial charge in [-0.1, -0.05) is 26.0 Å². The summed E-state index contributed by atoms with van der Waals surface area (Å²) >= 11 is 0. The minimum Gasteiger partial charge on any atom is -0.345 e. The average Bonchev–Trinajstić information content (AvgIpc) is 2.42. The molecule has 0 radical (unpaired) electrons. The van der Waals surface area contributed by atoms with Crippen LogP contribution in [0.5, 0.6) is 0 Å². The predicted octanol–water partition coefficient (Wildman–Crippen LogP) is 1.95. The number of carbonyl (C=O) groups excluding carboxylic acids is 1. The number of likely N-dealkylation sites (tertiary alicyclic amines) is 1. The number of carbonyl (C=O) groups is 1. The molecule has 2 rings (SSSR count). The summed E-state index contributed by atoms with van der Waals surface area (Å²) < 4.78 is 0. The summed E-state index contributed by atoms with van der Waals surface area (Å²) in [5.41, 5.74) is 8.28. The Morgan fingerprint density at radius 2 is 2.14 bits per heavy atom. The van der Waals surface area contributed by atoms with Gasteiger partial charge in [-0.25, -0.2) is 0 Å². The van der Waals surface area contributed by atoms with E-state index in [4.69, 9.17) is 5.73 Å². The highest BCUT2D eigenvalue weighted by Gasteiger charge is 2.33. The molecule has 1 fully saturated rings. The van der Waals surface area contributed by atoms with Crippen LogP contribution in [0, 0.1) is 5.41 Å². The molecule has 1 unspecified atom stereocenters. The first kappa shape index (κ1) is 16.0. The molecule has 2 N–H and O–H groups in total. The first-order chi connectivity index (χ1) is 9.79. The molecule has 116 valence electrons. The molecule has 1 heterocycles. The maximum Gasteiger partial charge on any atom is 0.253 e. The molecule has 0 saturated carbocycles. The Morgan fingerprint density at radius 3 is 2.76 bits per heavy atom. The van der Waals surface area contributed by atoms with E-state index >= 15 is 0 Å². The number of benzene rings is 1. The second-order valence-corrected chi connectivity index (χ2v) is 6.99. The Balaban J connectivity index is 2.07. The lowest BCUT2D eigenvalue weighted by Crippen LogP contribution is -2.52. The van der Waals surface area contributed by atoms with Crippen molar-refractivity contribution in [3.8, 4) is 0 Å². The number of piperidine rings is 1. The molecule has 0 aromatic heterocycles. The monoisotopic (exact) mass is 289 g/mol. The van der Waals surface area contributed by atoms with E-state index in [0.717, 1.165) is 31.6 Å². The van der Waals surface area contributed by atoms with E-state index in [1.807, 2.05) is 18.2 Å². The Bertz CT molecular complexity index is 511. The SMILES string of the molecule is CN(C)C(=O)c1cccc(CN2CCC(N)C(C)(C)C2)c1. The maximum atomic E-state index is 12.0. The fourth-order valence-corrected chi connectivity index (χ4v) is 2.94. The van der Waals surface area contributed by atoms with Crippen molar-refractivity contribution in [1.29, 1.82) is 0 Å². The minimum atomic E-state index is 0.0536. The first-order valence-corrected chi connectivity index (χ1v) is 7.58.